The minimum absolute atomic E-state index is 0.531. The summed E-state index contributed by atoms with van der Waals surface area (Å²) in [4.78, 5) is 0. The largest absolute Gasteiger partial charge is 0.394 e. The lowest BCUT2D eigenvalue weighted by molar-refractivity contribution is -0.356. The van der Waals surface area contributed by atoms with Crippen molar-refractivity contribution in [2.45, 2.75) is 61.4 Å². The quantitative estimate of drug-likeness (QED) is 0.251. The van der Waals surface area contributed by atoms with E-state index in [9.17, 15) is 35.7 Å². The molecule has 2 heterocycles. The smallest absolute Gasteiger partial charge is 0.187 e. The van der Waals surface area contributed by atoms with Crippen LogP contribution in [0.1, 0.15) is 0 Å². The lowest BCUT2D eigenvalue weighted by Crippen LogP contribution is -2.64. The molecule has 0 aliphatic carbocycles. The van der Waals surface area contributed by atoms with E-state index in [0.29, 0.717) is 0 Å². The van der Waals surface area contributed by atoms with Gasteiger partial charge in [0.05, 0.1) is 13.2 Å². The molecule has 2 aliphatic heterocycles. The Balaban J connectivity index is 2.12. The fourth-order valence-electron chi connectivity index (χ4n) is 2.85. The van der Waals surface area contributed by atoms with Crippen LogP contribution in [0.2, 0.25) is 0 Å². The molecule has 7 N–H and O–H groups in total. The number of aliphatic hydroxyl groups is 7. The van der Waals surface area contributed by atoms with Gasteiger partial charge in [0, 0.05) is 7.11 Å². The highest BCUT2D eigenvalue weighted by atomic mass is 16.7. The van der Waals surface area contributed by atoms with E-state index >= 15 is 0 Å². The van der Waals surface area contributed by atoms with E-state index in [-0.39, 0.29) is 0 Å². The third-order valence-electron chi connectivity index (χ3n) is 4.22. The zero-order valence-electron chi connectivity index (χ0n) is 13.0. The number of aliphatic hydroxyl groups excluding tert-OH is 7. The van der Waals surface area contributed by atoms with E-state index in [1.165, 1.54) is 7.11 Å². The summed E-state index contributed by atoms with van der Waals surface area (Å²) in [6.45, 7) is -1.18. The average molecular weight is 356 g/mol. The van der Waals surface area contributed by atoms with E-state index in [1.807, 2.05) is 0 Å². The summed E-state index contributed by atoms with van der Waals surface area (Å²) in [5.74, 6) is 0. The summed E-state index contributed by atoms with van der Waals surface area (Å²) in [5, 5.41) is 67.8. The molecule has 0 aromatic rings. The Bertz CT molecular complexity index is 392. The molecule has 10 atom stereocenters. The molecule has 2 saturated heterocycles. The maximum Gasteiger partial charge on any atom is 0.187 e. The average Bonchev–Trinajstić information content (AvgIpc) is 2.58. The van der Waals surface area contributed by atoms with Crippen LogP contribution in [-0.4, -0.2) is 117 Å². The Hall–Kier alpha value is -0.440. The fourth-order valence-corrected chi connectivity index (χ4v) is 2.85. The van der Waals surface area contributed by atoms with Gasteiger partial charge in [-0.15, -0.1) is 0 Å². The van der Waals surface area contributed by atoms with Crippen LogP contribution in [0.3, 0.4) is 0 Å². The summed E-state index contributed by atoms with van der Waals surface area (Å²) in [5.41, 5.74) is 0. The Labute approximate surface area is 137 Å². The molecule has 0 aromatic carbocycles. The predicted octanol–water partition coefficient (Wildman–Crippen LogP) is -4.74. The van der Waals surface area contributed by atoms with Crippen molar-refractivity contribution < 1.29 is 54.7 Å². The zero-order valence-corrected chi connectivity index (χ0v) is 13.0. The Morgan fingerprint density at radius 1 is 0.750 bits per heavy atom. The SMILES string of the molecule is CO[C@@H]1C(CO)O[C@H](O[C@@H]2C(CO)O[C@H](O)C(O)[C@H]2O)C(O)[C@H]1O. The molecule has 11 nitrogen and oxygen atoms in total. The molecule has 24 heavy (non-hydrogen) atoms. The van der Waals surface area contributed by atoms with E-state index < -0.39 is 74.6 Å². The van der Waals surface area contributed by atoms with E-state index in [0.717, 1.165) is 0 Å². The highest BCUT2D eigenvalue weighted by molar-refractivity contribution is 4.94. The summed E-state index contributed by atoms with van der Waals surface area (Å²) in [6.07, 6.45) is -14.2. The first-order valence-electron chi connectivity index (χ1n) is 7.46. The molecular formula is C13H24O11. The van der Waals surface area contributed by atoms with E-state index in [1.54, 1.807) is 0 Å². The van der Waals surface area contributed by atoms with Gasteiger partial charge in [0.15, 0.2) is 12.6 Å². The molecule has 142 valence electrons. The van der Waals surface area contributed by atoms with Gasteiger partial charge >= 0.3 is 0 Å². The number of hydrogen-bond acceptors (Lipinski definition) is 11. The maximum absolute atomic E-state index is 10.1. The van der Waals surface area contributed by atoms with Gasteiger partial charge in [0.1, 0.15) is 48.8 Å². The lowest BCUT2D eigenvalue weighted by atomic mass is 9.97. The summed E-state index contributed by atoms with van der Waals surface area (Å²) < 4.78 is 20.6. The van der Waals surface area contributed by atoms with Gasteiger partial charge in [-0.05, 0) is 0 Å². The van der Waals surface area contributed by atoms with Crippen molar-refractivity contribution >= 4 is 0 Å². The Morgan fingerprint density at radius 3 is 1.83 bits per heavy atom. The third-order valence-corrected chi connectivity index (χ3v) is 4.22. The highest BCUT2D eigenvalue weighted by Crippen LogP contribution is 2.29. The molecule has 0 aromatic heterocycles. The molecule has 2 aliphatic rings. The Kier molecular flexibility index (Phi) is 6.87. The summed E-state index contributed by atoms with van der Waals surface area (Å²) in [6, 6.07) is 0. The van der Waals surface area contributed by atoms with Gasteiger partial charge in [0.25, 0.3) is 0 Å². The van der Waals surface area contributed by atoms with Gasteiger partial charge in [-0.25, -0.2) is 0 Å². The minimum Gasteiger partial charge on any atom is -0.394 e. The molecule has 0 spiro atoms. The van der Waals surface area contributed by atoms with Crippen molar-refractivity contribution in [3.63, 3.8) is 0 Å². The normalized spacial score (nSPS) is 50.0. The summed E-state index contributed by atoms with van der Waals surface area (Å²) >= 11 is 0. The third kappa shape index (κ3) is 3.71. The molecule has 2 rings (SSSR count). The second-order valence-electron chi connectivity index (χ2n) is 5.74. The van der Waals surface area contributed by atoms with Crippen molar-refractivity contribution in [3.05, 3.63) is 0 Å². The maximum atomic E-state index is 10.1. The van der Waals surface area contributed by atoms with Gasteiger partial charge < -0.3 is 54.7 Å². The van der Waals surface area contributed by atoms with Crippen molar-refractivity contribution in [1.29, 1.82) is 0 Å². The number of rotatable bonds is 5. The van der Waals surface area contributed by atoms with E-state index in [2.05, 4.69) is 0 Å². The minimum atomic E-state index is -1.72. The molecule has 0 bridgehead atoms. The summed E-state index contributed by atoms with van der Waals surface area (Å²) in [7, 11) is 1.27. The highest BCUT2D eigenvalue weighted by Gasteiger charge is 2.50. The first-order valence-corrected chi connectivity index (χ1v) is 7.46. The number of methoxy groups -OCH3 is 1. The van der Waals surface area contributed by atoms with Crippen LogP contribution in [0.25, 0.3) is 0 Å². The standard InChI is InChI=1S/C13H24O11/c1-21-10-4(2-14)23-13(9(19)7(10)17)24-11-5(3-15)22-12(20)8(18)6(11)16/h4-20H,2-3H2,1H3/t4?,5?,6-,7-,8?,9?,10-,11-,12+,13-/m1/s1. The van der Waals surface area contributed by atoms with Crippen LogP contribution in [0.5, 0.6) is 0 Å². The van der Waals surface area contributed by atoms with Crippen molar-refractivity contribution in [3.8, 4) is 0 Å². The molecule has 0 amide bonds. The van der Waals surface area contributed by atoms with Crippen LogP contribution < -0.4 is 0 Å². The van der Waals surface area contributed by atoms with Crippen LogP contribution in [-0.2, 0) is 18.9 Å². The number of ether oxygens (including phenoxy) is 4. The van der Waals surface area contributed by atoms with Crippen molar-refractivity contribution in [2.75, 3.05) is 20.3 Å². The molecule has 11 heteroatoms. The van der Waals surface area contributed by atoms with Gasteiger partial charge in [-0.2, -0.15) is 0 Å². The topological polar surface area (TPSA) is 179 Å². The van der Waals surface area contributed by atoms with Crippen molar-refractivity contribution in [1.82, 2.24) is 0 Å². The molecule has 0 saturated carbocycles. The van der Waals surface area contributed by atoms with Crippen LogP contribution in [0, 0.1) is 0 Å². The molecule has 4 unspecified atom stereocenters. The molecule has 0 radical (unpaired) electrons. The monoisotopic (exact) mass is 356 g/mol. The lowest BCUT2D eigenvalue weighted by Gasteiger charge is -2.45. The Morgan fingerprint density at radius 2 is 1.29 bits per heavy atom. The van der Waals surface area contributed by atoms with Gasteiger partial charge in [-0.1, -0.05) is 0 Å². The van der Waals surface area contributed by atoms with Crippen LogP contribution in [0.4, 0.5) is 0 Å². The molecular weight excluding hydrogens is 332 g/mol. The van der Waals surface area contributed by atoms with Gasteiger partial charge in [0.2, 0.25) is 0 Å². The first kappa shape index (κ1) is 19.9. The molecule has 2 fully saturated rings. The van der Waals surface area contributed by atoms with Crippen LogP contribution >= 0.6 is 0 Å². The fraction of sp³-hybridized carbons (Fsp3) is 1.00. The van der Waals surface area contributed by atoms with Gasteiger partial charge in [-0.3, -0.25) is 0 Å². The zero-order chi connectivity index (χ0) is 18.0. The second kappa shape index (κ2) is 8.29. The van der Waals surface area contributed by atoms with Crippen molar-refractivity contribution in [2.24, 2.45) is 0 Å². The first-order chi connectivity index (χ1) is 11.3. The van der Waals surface area contributed by atoms with Crippen LogP contribution in [0.15, 0.2) is 0 Å². The van der Waals surface area contributed by atoms with E-state index in [4.69, 9.17) is 18.9 Å². The predicted molar refractivity (Wildman–Crippen MR) is 73.4 cm³/mol. The number of hydrogen-bond donors (Lipinski definition) is 7. The second-order valence-corrected chi connectivity index (χ2v) is 5.74.